The second kappa shape index (κ2) is 8.70. The Balaban J connectivity index is 1.62. The lowest BCUT2D eigenvalue weighted by molar-refractivity contribution is -0.122. The first-order chi connectivity index (χ1) is 14.8. The molecule has 0 atom stereocenters. The van der Waals surface area contributed by atoms with Gasteiger partial charge < -0.3 is 4.42 Å². The van der Waals surface area contributed by atoms with Gasteiger partial charge in [0.15, 0.2) is 10.2 Å². The molecule has 1 fully saturated rings. The molecule has 8 heteroatoms. The largest absolute Gasteiger partial charge is 0.450 e. The number of nitrogens with zero attached hydrogens (tertiary/aromatic N) is 1. The number of halogens is 1. The molecule has 0 bridgehead atoms. The fourth-order valence-corrected chi connectivity index (χ4v) is 4.26. The topological polar surface area (TPSA) is 62.6 Å². The number of hydrogen-bond donors (Lipinski definition) is 1. The molecule has 0 radical (unpaired) electrons. The summed E-state index contributed by atoms with van der Waals surface area (Å²) in [4.78, 5) is 28.0. The van der Waals surface area contributed by atoms with Gasteiger partial charge in [0.2, 0.25) is 0 Å². The molecular formula is C23H17ClN2O3S2. The van der Waals surface area contributed by atoms with Crippen molar-refractivity contribution in [3.63, 3.8) is 0 Å². The number of rotatable bonds is 4. The Morgan fingerprint density at radius 1 is 1.06 bits per heavy atom. The molecule has 5 nitrogen and oxygen atoms in total. The second-order valence-electron chi connectivity index (χ2n) is 6.89. The number of nitrogens with one attached hydrogen (secondary N) is 1. The van der Waals surface area contributed by atoms with Crippen LogP contribution in [0, 0.1) is 13.8 Å². The van der Waals surface area contributed by atoms with E-state index in [2.05, 4.69) is 5.32 Å². The van der Waals surface area contributed by atoms with E-state index >= 15 is 0 Å². The lowest BCUT2D eigenvalue weighted by atomic mass is 10.0. The summed E-state index contributed by atoms with van der Waals surface area (Å²) in [7, 11) is 0. The molecule has 0 saturated carbocycles. The van der Waals surface area contributed by atoms with Crippen LogP contribution in [0.4, 0.5) is 5.69 Å². The van der Waals surface area contributed by atoms with Crippen molar-refractivity contribution >= 4 is 64.3 Å². The quantitative estimate of drug-likeness (QED) is 0.310. The van der Waals surface area contributed by atoms with Gasteiger partial charge in [0, 0.05) is 9.92 Å². The molecular weight excluding hydrogens is 452 g/mol. The minimum absolute atomic E-state index is 0.0492. The molecule has 156 valence electrons. The Hall–Kier alpha value is -2.87. The number of anilines is 1. The highest BCUT2D eigenvalue weighted by Gasteiger charge is 2.35. The highest BCUT2D eigenvalue weighted by molar-refractivity contribution is 7.99. The molecule has 1 aromatic heterocycles. The first kappa shape index (κ1) is 21.4. The first-order valence-electron chi connectivity index (χ1n) is 9.34. The molecule has 0 unspecified atom stereocenters. The third-order valence-electron chi connectivity index (χ3n) is 4.84. The van der Waals surface area contributed by atoms with Gasteiger partial charge in [0.25, 0.3) is 11.8 Å². The molecule has 2 heterocycles. The summed E-state index contributed by atoms with van der Waals surface area (Å²) in [6.45, 7) is 3.86. The summed E-state index contributed by atoms with van der Waals surface area (Å²) in [5.74, 6) is -0.658. The van der Waals surface area contributed by atoms with Crippen LogP contribution in [0.5, 0.6) is 0 Å². The lowest BCUT2D eigenvalue weighted by Crippen LogP contribution is -2.54. The number of benzene rings is 2. The molecule has 1 N–H and O–H groups in total. The number of amides is 2. The second-order valence-corrected chi connectivity index (χ2v) is 8.79. The van der Waals surface area contributed by atoms with Gasteiger partial charge in [-0.05, 0) is 85.7 Å². The highest BCUT2D eigenvalue weighted by atomic mass is 35.5. The van der Waals surface area contributed by atoms with Crippen LogP contribution in [-0.4, -0.2) is 16.9 Å². The molecule has 0 spiro atoms. The van der Waals surface area contributed by atoms with E-state index in [0.29, 0.717) is 21.6 Å². The van der Waals surface area contributed by atoms with Gasteiger partial charge >= 0.3 is 0 Å². The number of carbonyl (C=O) groups excluding carboxylic acids is 2. The molecule has 3 aromatic rings. The summed E-state index contributed by atoms with van der Waals surface area (Å²) in [6, 6.07) is 16.5. The standard InChI is InChI=1S/C23H17ClN2O3S2/c1-13-4-3-5-19(14(13)2)26-22(28)18(21(27)25-23(26)30)12-16-8-11-20(29-16)31-17-9-6-15(24)7-10-17/h3-12H,1-2H3,(H,25,27,30)/b18-12+. The Kier molecular flexibility index (Phi) is 6.00. The van der Waals surface area contributed by atoms with Gasteiger partial charge in [0.1, 0.15) is 11.3 Å². The van der Waals surface area contributed by atoms with E-state index in [4.69, 9.17) is 28.2 Å². The van der Waals surface area contributed by atoms with Crippen LogP contribution in [0.3, 0.4) is 0 Å². The van der Waals surface area contributed by atoms with Crippen LogP contribution >= 0.6 is 35.6 Å². The van der Waals surface area contributed by atoms with Gasteiger partial charge in [-0.15, -0.1) is 0 Å². The van der Waals surface area contributed by atoms with Crippen LogP contribution < -0.4 is 10.2 Å². The van der Waals surface area contributed by atoms with Crippen LogP contribution in [0.1, 0.15) is 16.9 Å². The zero-order valence-corrected chi connectivity index (χ0v) is 19.0. The van der Waals surface area contributed by atoms with Crippen LogP contribution in [0.15, 0.2) is 74.6 Å². The van der Waals surface area contributed by atoms with Crippen molar-refractivity contribution in [3.8, 4) is 0 Å². The zero-order chi connectivity index (χ0) is 22.1. The zero-order valence-electron chi connectivity index (χ0n) is 16.6. The fourth-order valence-electron chi connectivity index (χ4n) is 3.08. The molecule has 31 heavy (non-hydrogen) atoms. The Bertz CT molecular complexity index is 1230. The minimum Gasteiger partial charge on any atom is -0.450 e. The van der Waals surface area contributed by atoms with Crippen LogP contribution in [0.2, 0.25) is 5.02 Å². The third kappa shape index (κ3) is 4.44. The number of thiocarbonyl (C=S) groups is 1. The lowest BCUT2D eigenvalue weighted by Gasteiger charge is -2.30. The Morgan fingerprint density at radius 2 is 1.81 bits per heavy atom. The summed E-state index contributed by atoms with van der Waals surface area (Å²) in [5, 5.41) is 3.93. The maximum Gasteiger partial charge on any atom is 0.270 e. The molecule has 1 saturated heterocycles. The summed E-state index contributed by atoms with van der Waals surface area (Å²) >= 11 is 12.6. The Labute approximate surface area is 194 Å². The maximum absolute atomic E-state index is 13.2. The number of aryl methyl sites for hydroxylation is 1. The maximum atomic E-state index is 13.2. The van der Waals surface area contributed by atoms with E-state index in [1.807, 2.05) is 38.1 Å². The van der Waals surface area contributed by atoms with Crippen molar-refractivity contribution in [2.75, 3.05) is 4.90 Å². The monoisotopic (exact) mass is 468 g/mol. The van der Waals surface area contributed by atoms with Gasteiger partial charge in [-0.25, -0.2) is 0 Å². The minimum atomic E-state index is -0.556. The van der Waals surface area contributed by atoms with Crippen molar-refractivity contribution in [2.24, 2.45) is 0 Å². The average Bonchev–Trinajstić information content (AvgIpc) is 3.17. The van der Waals surface area contributed by atoms with Gasteiger partial charge in [-0.1, -0.05) is 35.5 Å². The molecule has 2 aromatic carbocycles. The molecule has 1 aliphatic heterocycles. The van der Waals surface area contributed by atoms with Crippen molar-refractivity contribution in [1.82, 2.24) is 5.32 Å². The summed E-state index contributed by atoms with van der Waals surface area (Å²) in [6.07, 6.45) is 1.43. The fraction of sp³-hybridized carbons (Fsp3) is 0.0870. The van der Waals surface area contributed by atoms with Crippen molar-refractivity contribution < 1.29 is 14.0 Å². The predicted octanol–water partition coefficient (Wildman–Crippen LogP) is 5.53. The van der Waals surface area contributed by atoms with E-state index in [1.54, 1.807) is 30.3 Å². The third-order valence-corrected chi connectivity index (χ3v) is 6.30. The van der Waals surface area contributed by atoms with Crippen molar-refractivity contribution in [1.29, 1.82) is 0 Å². The van der Waals surface area contributed by atoms with Crippen LogP contribution in [0.25, 0.3) is 6.08 Å². The van der Waals surface area contributed by atoms with E-state index < -0.39 is 11.8 Å². The first-order valence-corrected chi connectivity index (χ1v) is 10.9. The molecule has 4 rings (SSSR count). The normalized spacial score (nSPS) is 15.5. The SMILES string of the molecule is Cc1cccc(N2C(=O)/C(=C/c3ccc(Sc4ccc(Cl)cc4)o3)C(=O)NC2=S)c1C. The summed E-state index contributed by atoms with van der Waals surface area (Å²) in [5.41, 5.74) is 2.52. The summed E-state index contributed by atoms with van der Waals surface area (Å²) < 4.78 is 5.80. The predicted molar refractivity (Wildman–Crippen MR) is 126 cm³/mol. The van der Waals surface area contributed by atoms with Crippen molar-refractivity contribution in [3.05, 3.63) is 82.1 Å². The van der Waals surface area contributed by atoms with Gasteiger partial charge in [0.05, 0.1) is 5.69 Å². The van der Waals surface area contributed by atoms with E-state index in [0.717, 1.165) is 16.0 Å². The smallest absolute Gasteiger partial charge is 0.270 e. The van der Waals surface area contributed by atoms with E-state index in [1.165, 1.54) is 22.7 Å². The molecule has 1 aliphatic rings. The van der Waals surface area contributed by atoms with E-state index in [9.17, 15) is 9.59 Å². The number of hydrogen-bond acceptors (Lipinski definition) is 5. The molecule has 0 aliphatic carbocycles. The van der Waals surface area contributed by atoms with Gasteiger partial charge in [-0.3, -0.25) is 19.8 Å². The van der Waals surface area contributed by atoms with Crippen LogP contribution in [-0.2, 0) is 9.59 Å². The molecule has 2 amide bonds. The number of furan rings is 1. The Morgan fingerprint density at radius 3 is 2.55 bits per heavy atom. The van der Waals surface area contributed by atoms with Gasteiger partial charge in [-0.2, -0.15) is 0 Å². The van der Waals surface area contributed by atoms with Crippen molar-refractivity contribution in [2.45, 2.75) is 23.8 Å². The highest BCUT2D eigenvalue weighted by Crippen LogP contribution is 2.31. The van der Waals surface area contributed by atoms with E-state index in [-0.39, 0.29) is 10.7 Å². The number of carbonyl (C=O) groups is 2. The average molecular weight is 469 g/mol.